The number of H-pyrrole nitrogens is 1. The quantitative estimate of drug-likeness (QED) is 0.630. The van der Waals surface area contributed by atoms with Crippen LogP contribution >= 0.6 is 0 Å². The van der Waals surface area contributed by atoms with Crippen molar-refractivity contribution in [2.45, 2.75) is 39.0 Å². The number of hydrogen-bond donors (Lipinski definition) is 3. The number of nitrogens with one attached hydrogen (secondary N) is 3. The van der Waals surface area contributed by atoms with Gasteiger partial charge in [0.25, 0.3) is 11.8 Å². The Hall–Kier alpha value is -2.87. The number of aryl methyl sites for hydroxylation is 1. The smallest absolute Gasteiger partial charge is 0.256 e. The van der Waals surface area contributed by atoms with Gasteiger partial charge in [-0.1, -0.05) is 13.8 Å². The van der Waals surface area contributed by atoms with Crippen molar-refractivity contribution in [1.82, 2.24) is 10.3 Å². The predicted molar refractivity (Wildman–Crippen MR) is 114 cm³/mol. The molecular formula is C21H25N3O4S. The summed E-state index contributed by atoms with van der Waals surface area (Å²) in [5.74, 6) is -0.484. The third kappa shape index (κ3) is 3.85. The zero-order chi connectivity index (χ0) is 21.3. The molecule has 3 rings (SSSR count). The molecule has 0 fully saturated rings. The molecule has 0 radical (unpaired) electrons. The van der Waals surface area contributed by atoms with E-state index in [1.165, 1.54) is 12.1 Å². The Bertz CT molecular complexity index is 1130. The summed E-state index contributed by atoms with van der Waals surface area (Å²) in [5.41, 5.74) is 4.12. The van der Waals surface area contributed by atoms with Crippen molar-refractivity contribution < 1.29 is 18.0 Å². The van der Waals surface area contributed by atoms with Gasteiger partial charge < -0.3 is 15.6 Å². The average molecular weight is 416 g/mol. The summed E-state index contributed by atoms with van der Waals surface area (Å²) < 4.78 is 24.5. The number of benzene rings is 1. The van der Waals surface area contributed by atoms with Crippen LogP contribution in [0.1, 0.15) is 53.1 Å². The van der Waals surface area contributed by atoms with Gasteiger partial charge >= 0.3 is 0 Å². The normalized spacial score (nSPS) is 14.8. The number of aromatic amines is 1. The second kappa shape index (κ2) is 7.87. The first-order chi connectivity index (χ1) is 13.7. The van der Waals surface area contributed by atoms with E-state index in [9.17, 15) is 18.0 Å². The fraction of sp³-hybridized carbons (Fsp3) is 0.333. The molecule has 0 unspecified atom stereocenters. The van der Waals surface area contributed by atoms with E-state index in [1.807, 2.05) is 20.8 Å². The molecule has 7 nitrogen and oxygen atoms in total. The Morgan fingerprint density at radius 2 is 1.93 bits per heavy atom. The number of amides is 2. The van der Waals surface area contributed by atoms with E-state index in [0.29, 0.717) is 40.3 Å². The van der Waals surface area contributed by atoms with E-state index >= 15 is 0 Å². The summed E-state index contributed by atoms with van der Waals surface area (Å²) >= 11 is 0. The second-order valence-electron chi connectivity index (χ2n) is 7.04. The van der Waals surface area contributed by atoms with E-state index in [1.54, 1.807) is 19.1 Å². The summed E-state index contributed by atoms with van der Waals surface area (Å²) in [6.45, 7) is 7.78. The highest BCUT2D eigenvalue weighted by atomic mass is 32.2. The van der Waals surface area contributed by atoms with Gasteiger partial charge in [0, 0.05) is 29.2 Å². The van der Waals surface area contributed by atoms with Crippen LogP contribution in [0.3, 0.4) is 0 Å². The number of carbonyl (C=O) groups is 2. The van der Waals surface area contributed by atoms with Crippen LogP contribution in [0.4, 0.5) is 5.69 Å². The summed E-state index contributed by atoms with van der Waals surface area (Å²) in [4.78, 5) is 28.3. The lowest BCUT2D eigenvalue weighted by atomic mass is 10.0. The van der Waals surface area contributed by atoms with Crippen LogP contribution in [-0.4, -0.2) is 37.5 Å². The van der Waals surface area contributed by atoms with Crippen LogP contribution < -0.4 is 10.6 Å². The molecule has 0 atom stereocenters. The first-order valence-electron chi connectivity index (χ1n) is 9.57. The third-order valence-electron chi connectivity index (χ3n) is 5.04. The number of anilines is 1. The van der Waals surface area contributed by atoms with Gasteiger partial charge in [0.2, 0.25) is 0 Å². The molecule has 2 heterocycles. The molecule has 1 aromatic carbocycles. The van der Waals surface area contributed by atoms with E-state index in [0.717, 1.165) is 12.0 Å². The van der Waals surface area contributed by atoms with Gasteiger partial charge in [0.05, 0.1) is 21.8 Å². The summed E-state index contributed by atoms with van der Waals surface area (Å²) in [5, 5.41) is 5.63. The number of hydrogen-bond acceptors (Lipinski definition) is 4. The number of fused-ring (bicyclic) bond motifs is 1. The average Bonchev–Trinajstić information content (AvgIpc) is 3.15. The van der Waals surface area contributed by atoms with Gasteiger partial charge in [-0.25, -0.2) is 8.42 Å². The SMILES string of the molecule is CCCNC(=O)c1c(C)[nH]c(/C=C2\C(=O)Nc3ccc(S(=O)(=O)CC)cc32)c1C. The van der Waals surface area contributed by atoms with Crippen LogP contribution in [0.15, 0.2) is 23.1 Å². The number of rotatable bonds is 6. The Kier molecular flexibility index (Phi) is 5.66. The molecule has 1 aliphatic rings. The lowest BCUT2D eigenvalue weighted by Gasteiger charge is -2.05. The predicted octanol–water partition coefficient (Wildman–Crippen LogP) is 3.06. The molecular weight excluding hydrogens is 390 g/mol. The van der Waals surface area contributed by atoms with Crippen LogP contribution in [0.5, 0.6) is 0 Å². The minimum Gasteiger partial charge on any atom is -0.358 e. The molecule has 2 aromatic rings. The highest BCUT2D eigenvalue weighted by Crippen LogP contribution is 2.35. The molecule has 154 valence electrons. The molecule has 0 saturated heterocycles. The standard InChI is InChI=1S/C21H25N3O4S/c1-5-9-22-21(26)19-12(3)18(23-13(19)4)11-16-15-10-14(29(27,28)6-2)7-8-17(15)24-20(16)25/h7-8,10-11,23H,5-6,9H2,1-4H3,(H,22,26)(H,24,25)/b16-11-. The van der Waals surface area contributed by atoms with Crippen LogP contribution in [0.2, 0.25) is 0 Å². The topological polar surface area (TPSA) is 108 Å². The van der Waals surface area contributed by atoms with E-state index in [-0.39, 0.29) is 22.5 Å². The third-order valence-corrected chi connectivity index (χ3v) is 6.77. The first kappa shape index (κ1) is 20.9. The maximum Gasteiger partial charge on any atom is 0.256 e. The minimum atomic E-state index is -3.39. The molecule has 8 heteroatoms. The van der Waals surface area contributed by atoms with Gasteiger partial charge in [0.15, 0.2) is 9.84 Å². The van der Waals surface area contributed by atoms with E-state index < -0.39 is 9.84 Å². The van der Waals surface area contributed by atoms with Gasteiger partial charge in [-0.15, -0.1) is 0 Å². The van der Waals surface area contributed by atoms with Crippen molar-refractivity contribution in [3.05, 3.63) is 46.3 Å². The van der Waals surface area contributed by atoms with Crippen LogP contribution in [0.25, 0.3) is 11.6 Å². The number of carbonyl (C=O) groups excluding carboxylic acids is 2. The number of sulfone groups is 1. The highest BCUT2D eigenvalue weighted by Gasteiger charge is 2.27. The molecule has 3 N–H and O–H groups in total. The molecule has 0 spiro atoms. The molecule has 0 aliphatic carbocycles. The maximum atomic E-state index is 12.5. The van der Waals surface area contributed by atoms with Crippen molar-refractivity contribution in [3.63, 3.8) is 0 Å². The summed E-state index contributed by atoms with van der Waals surface area (Å²) in [6, 6.07) is 4.63. The fourth-order valence-corrected chi connectivity index (χ4v) is 4.31. The van der Waals surface area contributed by atoms with Gasteiger partial charge in [-0.05, 0) is 50.1 Å². The summed E-state index contributed by atoms with van der Waals surface area (Å²) in [6.07, 6.45) is 2.51. The first-order valence-corrected chi connectivity index (χ1v) is 11.2. The van der Waals surface area contributed by atoms with Crippen molar-refractivity contribution >= 4 is 39.0 Å². The fourth-order valence-electron chi connectivity index (χ4n) is 3.40. The van der Waals surface area contributed by atoms with Crippen molar-refractivity contribution in [2.24, 2.45) is 0 Å². The van der Waals surface area contributed by atoms with Gasteiger partial charge in [-0.2, -0.15) is 0 Å². The zero-order valence-electron chi connectivity index (χ0n) is 17.0. The van der Waals surface area contributed by atoms with E-state index in [2.05, 4.69) is 15.6 Å². The molecule has 0 saturated carbocycles. The van der Waals surface area contributed by atoms with Crippen LogP contribution in [-0.2, 0) is 14.6 Å². The Morgan fingerprint density at radius 1 is 1.21 bits per heavy atom. The lowest BCUT2D eigenvalue weighted by Crippen LogP contribution is -2.24. The second-order valence-corrected chi connectivity index (χ2v) is 9.32. The van der Waals surface area contributed by atoms with E-state index in [4.69, 9.17) is 0 Å². The Balaban J connectivity index is 2.06. The summed E-state index contributed by atoms with van der Waals surface area (Å²) in [7, 11) is -3.39. The maximum absolute atomic E-state index is 12.5. The van der Waals surface area contributed by atoms with Gasteiger partial charge in [0.1, 0.15) is 0 Å². The Morgan fingerprint density at radius 3 is 2.59 bits per heavy atom. The van der Waals surface area contributed by atoms with Crippen molar-refractivity contribution in [1.29, 1.82) is 0 Å². The monoisotopic (exact) mass is 415 g/mol. The molecule has 29 heavy (non-hydrogen) atoms. The lowest BCUT2D eigenvalue weighted by molar-refractivity contribution is -0.110. The van der Waals surface area contributed by atoms with Crippen LogP contribution in [0, 0.1) is 13.8 Å². The Labute approximate surface area is 170 Å². The largest absolute Gasteiger partial charge is 0.358 e. The highest BCUT2D eigenvalue weighted by molar-refractivity contribution is 7.91. The number of aromatic nitrogens is 1. The van der Waals surface area contributed by atoms with Crippen molar-refractivity contribution in [3.8, 4) is 0 Å². The molecule has 1 aromatic heterocycles. The molecule has 1 aliphatic heterocycles. The molecule has 2 amide bonds. The zero-order valence-corrected chi connectivity index (χ0v) is 17.8. The van der Waals surface area contributed by atoms with Gasteiger partial charge in [-0.3, -0.25) is 9.59 Å². The van der Waals surface area contributed by atoms with Crippen molar-refractivity contribution in [2.75, 3.05) is 17.6 Å². The minimum absolute atomic E-state index is 0.0165. The molecule has 0 bridgehead atoms.